The molecular formula is C15H20N2O. The van der Waals surface area contributed by atoms with Gasteiger partial charge in [0.2, 0.25) is 0 Å². The highest BCUT2D eigenvalue weighted by molar-refractivity contribution is 5.49. The molecule has 3 nitrogen and oxygen atoms in total. The lowest BCUT2D eigenvalue weighted by molar-refractivity contribution is 0.340. The molecule has 0 atom stereocenters. The van der Waals surface area contributed by atoms with Crippen LogP contribution in [0.15, 0.2) is 24.3 Å². The highest BCUT2D eigenvalue weighted by Crippen LogP contribution is 2.26. The van der Waals surface area contributed by atoms with Crippen molar-refractivity contribution in [3.8, 4) is 11.8 Å². The van der Waals surface area contributed by atoms with E-state index in [9.17, 15) is 0 Å². The summed E-state index contributed by atoms with van der Waals surface area (Å²) in [6.07, 6.45) is 2.96. The molecule has 0 radical (unpaired) electrons. The molecule has 0 unspecified atom stereocenters. The maximum absolute atomic E-state index is 8.70. The monoisotopic (exact) mass is 244 g/mol. The summed E-state index contributed by atoms with van der Waals surface area (Å²) in [4.78, 5) is 2.39. The second kappa shape index (κ2) is 6.30. The molecule has 2 rings (SSSR count). The third kappa shape index (κ3) is 3.16. The van der Waals surface area contributed by atoms with Crippen molar-refractivity contribution in [2.75, 3.05) is 24.6 Å². The van der Waals surface area contributed by atoms with Crippen LogP contribution < -0.4 is 9.64 Å². The zero-order valence-corrected chi connectivity index (χ0v) is 10.9. The SMILES string of the molecule is CCOc1ccc(N2CCC(CC#N)CC2)cc1. The van der Waals surface area contributed by atoms with Gasteiger partial charge in [-0.2, -0.15) is 5.26 Å². The molecule has 0 saturated carbocycles. The van der Waals surface area contributed by atoms with Crippen LogP contribution >= 0.6 is 0 Å². The molecule has 1 fully saturated rings. The van der Waals surface area contributed by atoms with Crippen LogP contribution in [-0.2, 0) is 0 Å². The first kappa shape index (κ1) is 12.8. The zero-order valence-electron chi connectivity index (χ0n) is 10.9. The third-order valence-corrected chi connectivity index (χ3v) is 3.51. The molecule has 3 heteroatoms. The smallest absolute Gasteiger partial charge is 0.119 e. The van der Waals surface area contributed by atoms with E-state index < -0.39 is 0 Å². The van der Waals surface area contributed by atoms with Gasteiger partial charge in [-0.1, -0.05) is 0 Å². The Morgan fingerprint density at radius 3 is 2.50 bits per heavy atom. The Morgan fingerprint density at radius 2 is 1.94 bits per heavy atom. The van der Waals surface area contributed by atoms with Gasteiger partial charge in [0.25, 0.3) is 0 Å². The Balaban J connectivity index is 1.91. The van der Waals surface area contributed by atoms with Crippen LogP contribution in [-0.4, -0.2) is 19.7 Å². The van der Waals surface area contributed by atoms with Gasteiger partial charge in [0.1, 0.15) is 5.75 Å². The van der Waals surface area contributed by atoms with E-state index in [4.69, 9.17) is 10.00 Å². The summed E-state index contributed by atoms with van der Waals surface area (Å²) < 4.78 is 5.44. The average molecular weight is 244 g/mol. The normalized spacial score (nSPS) is 16.3. The number of piperidine rings is 1. The van der Waals surface area contributed by atoms with Crippen molar-refractivity contribution in [2.24, 2.45) is 5.92 Å². The van der Waals surface area contributed by atoms with Crippen LogP contribution in [0.4, 0.5) is 5.69 Å². The fourth-order valence-corrected chi connectivity index (χ4v) is 2.44. The molecule has 0 aliphatic carbocycles. The van der Waals surface area contributed by atoms with Crippen molar-refractivity contribution in [1.82, 2.24) is 0 Å². The minimum atomic E-state index is 0.592. The topological polar surface area (TPSA) is 36.3 Å². The third-order valence-electron chi connectivity index (χ3n) is 3.51. The van der Waals surface area contributed by atoms with E-state index in [2.05, 4.69) is 23.1 Å². The first-order chi connectivity index (χ1) is 8.83. The van der Waals surface area contributed by atoms with Crippen LogP contribution in [0.2, 0.25) is 0 Å². The summed E-state index contributed by atoms with van der Waals surface area (Å²) in [6, 6.07) is 10.6. The first-order valence-corrected chi connectivity index (χ1v) is 6.68. The van der Waals surface area contributed by atoms with E-state index in [0.717, 1.165) is 31.7 Å². The van der Waals surface area contributed by atoms with E-state index >= 15 is 0 Å². The highest BCUT2D eigenvalue weighted by Gasteiger charge is 2.18. The van der Waals surface area contributed by atoms with Crippen molar-refractivity contribution < 1.29 is 4.74 Å². The largest absolute Gasteiger partial charge is 0.494 e. The molecule has 1 aliphatic heterocycles. The fraction of sp³-hybridized carbons (Fsp3) is 0.533. The van der Waals surface area contributed by atoms with Gasteiger partial charge in [-0.15, -0.1) is 0 Å². The molecule has 1 saturated heterocycles. The second-order valence-corrected chi connectivity index (χ2v) is 4.72. The van der Waals surface area contributed by atoms with E-state index in [-0.39, 0.29) is 0 Å². The average Bonchev–Trinajstić information content (AvgIpc) is 2.41. The molecule has 1 aromatic carbocycles. The summed E-state index contributed by atoms with van der Waals surface area (Å²) in [5.74, 6) is 1.52. The van der Waals surface area contributed by atoms with Crippen molar-refractivity contribution in [2.45, 2.75) is 26.2 Å². The summed E-state index contributed by atoms with van der Waals surface area (Å²) in [7, 11) is 0. The minimum absolute atomic E-state index is 0.592. The van der Waals surface area contributed by atoms with E-state index in [1.807, 2.05) is 19.1 Å². The van der Waals surface area contributed by atoms with Crippen molar-refractivity contribution in [3.05, 3.63) is 24.3 Å². The number of nitriles is 1. The minimum Gasteiger partial charge on any atom is -0.494 e. The zero-order chi connectivity index (χ0) is 12.8. The maximum atomic E-state index is 8.70. The predicted molar refractivity (Wildman–Crippen MR) is 72.8 cm³/mol. The molecule has 0 bridgehead atoms. The Morgan fingerprint density at radius 1 is 1.28 bits per heavy atom. The maximum Gasteiger partial charge on any atom is 0.119 e. The van der Waals surface area contributed by atoms with Gasteiger partial charge in [-0.3, -0.25) is 0 Å². The Labute approximate surface area is 109 Å². The second-order valence-electron chi connectivity index (χ2n) is 4.72. The lowest BCUT2D eigenvalue weighted by atomic mass is 9.94. The van der Waals surface area contributed by atoms with Crippen LogP contribution in [0.5, 0.6) is 5.75 Å². The van der Waals surface area contributed by atoms with Gasteiger partial charge in [0.05, 0.1) is 12.7 Å². The number of hydrogen-bond acceptors (Lipinski definition) is 3. The number of hydrogen-bond donors (Lipinski definition) is 0. The number of rotatable bonds is 4. The standard InChI is InChI=1S/C15H20N2O/c1-2-18-15-5-3-14(4-6-15)17-11-8-13(7-10-16)9-12-17/h3-6,13H,2,7-9,11-12H2,1H3. The lowest BCUT2D eigenvalue weighted by Crippen LogP contribution is -2.33. The summed E-state index contributed by atoms with van der Waals surface area (Å²) in [6.45, 7) is 4.81. The number of nitrogens with zero attached hydrogens (tertiary/aromatic N) is 2. The van der Waals surface area contributed by atoms with Gasteiger partial charge in [-0.05, 0) is 49.9 Å². The van der Waals surface area contributed by atoms with Crippen LogP contribution in [0.1, 0.15) is 26.2 Å². The summed E-state index contributed by atoms with van der Waals surface area (Å²) in [5, 5.41) is 8.70. The van der Waals surface area contributed by atoms with Gasteiger partial charge < -0.3 is 9.64 Å². The number of anilines is 1. The van der Waals surface area contributed by atoms with Crippen LogP contribution in [0, 0.1) is 17.2 Å². The van der Waals surface area contributed by atoms with E-state index in [1.54, 1.807) is 0 Å². The summed E-state index contributed by atoms with van der Waals surface area (Å²) in [5.41, 5.74) is 1.26. The Kier molecular flexibility index (Phi) is 4.46. The molecule has 0 N–H and O–H groups in total. The van der Waals surface area contributed by atoms with Crippen molar-refractivity contribution >= 4 is 5.69 Å². The first-order valence-electron chi connectivity index (χ1n) is 6.68. The fourth-order valence-electron chi connectivity index (χ4n) is 2.44. The number of benzene rings is 1. The van der Waals surface area contributed by atoms with Gasteiger partial charge in [0.15, 0.2) is 0 Å². The molecule has 1 heterocycles. The highest BCUT2D eigenvalue weighted by atomic mass is 16.5. The summed E-state index contributed by atoms with van der Waals surface area (Å²) >= 11 is 0. The lowest BCUT2D eigenvalue weighted by Gasteiger charge is -2.32. The van der Waals surface area contributed by atoms with Crippen LogP contribution in [0.25, 0.3) is 0 Å². The van der Waals surface area contributed by atoms with Gasteiger partial charge >= 0.3 is 0 Å². The Bertz CT molecular complexity index is 399. The van der Waals surface area contributed by atoms with Crippen molar-refractivity contribution in [3.63, 3.8) is 0 Å². The number of ether oxygens (including phenoxy) is 1. The molecular weight excluding hydrogens is 224 g/mol. The molecule has 0 aromatic heterocycles. The van der Waals surface area contributed by atoms with Crippen molar-refractivity contribution in [1.29, 1.82) is 5.26 Å². The molecule has 1 aromatic rings. The molecule has 0 amide bonds. The quantitative estimate of drug-likeness (QED) is 0.816. The van der Waals surface area contributed by atoms with E-state index in [1.165, 1.54) is 5.69 Å². The van der Waals surface area contributed by atoms with Gasteiger partial charge in [0, 0.05) is 25.2 Å². The molecule has 0 spiro atoms. The van der Waals surface area contributed by atoms with Gasteiger partial charge in [-0.25, -0.2) is 0 Å². The van der Waals surface area contributed by atoms with E-state index in [0.29, 0.717) is 18.9 Å². The molecule has 18 heavy (non-hydrogen) atoms. The molecule has 1 aliphatic rings. The Hall–Kier alpha value is -1.69. The molecule has 96 valence electrons. The van der Waals surface area contributed by atoms with Crippen LogP contribution in [0.3, 0.4) is 0 Å². The predicted octanol–water partition coefficient (Wildman–Crippen LogP) is 3.22.